The Morgan fingerprint density at radius 2 is 2.12 bits per heavy atom. The van der Waals surface area contributed by atoms with Gasteiger partial charge in [-0.15, -0.1) is 6.42 Å². The Bertz CT molecular complexity index is 711. The Kier molecular flexibility index (Phi) is 5.72. The first-order valence-corrected chi connectivity index (χ1v) is 8.87. The average molecular weight is 322 g/mol. The van der Waals surface area contributed by atoms with E-state index in [0.29, 0.717) is 0 Å². The topological polar surface area (TPSA) is 25.4 Å². The Labute approximate surface area is 145 Å². The third-order valence-electron chi connectivity index (χ3n) is 5.12. The van der Waals surface area contributed by atoms with Crippen molar-refractivity contribution in [3.8, 4) is 18.1 Å². The SMILES string of the molecule is C#CCN1CCC(CCCc2ccnc3ccc(OC)cc23)CC1. The average Bonchev–Trinajstić information content (AvgIpc) is 2.63. The number of pyridine rings is 1. The minimum absolute atomic E-state index is 0.803. The molecule has 0 saturated carbocycles. The van der Waals surface area contributed by atoms with Crippen LogP contribution in [0.1, 0.15) is 31.2 Å². The monoisotopic (exact) mass is 322 g/mol. The maximum atomic E-state index is 5.40. The lowest BCUT2D eigenvalue weighted by Gasteiger charge is -2.30. The Morgan fingerprint density at radius 1 is 1.29 bits per heavy atom. The predicted octanol–water partition coefficient (Wildman–Crippen LogP) is 3.91. The highest BCUT2D eigenvalue weighted by Crippen LogP contribution is 2.26. The largest absolute Gasteiger partial charge is 0.497 e. The number of rotatable bonds is 6. The van der Waals surface area contributed by atoms with Crippen LogP contribution in [0.15, 0.2) is 30.5 Å². The standard InChI is InChI=1S/C21H26N2O/c1-3-13-23-14-10-17(11-15-23)5-4-6-18-9-12-22-21-8-7-19(24-2)16-20(18)21/h1,7-9,12,16-17H,4-6,10-11,13-15H2,2H3. The molecule has 2 heterocycles. The van der Waals surface area contributed by atoms with Gasteiger partial charge in [-0.05, 0) is 74.5 Å². The van der Waals surface area contributed by atoms with Gasteiger partial charge in [-0.1, -0.05) is 12.3 Å². The van der Waals surface area contributed by atoms with Crippen LogP contribution in [0.3, 0.4) is 0 Å². The van der Waals surface area contributed by atoms with Crippen molar-refractivity contribution in [2.45, 2.75) is 32.1 Å². The van der Waals surface area contributed by atoms with Gasteiger partial charge in [-0.3, -0.25) is 9.88 Å². The number of fused-ring (bicyclic) bond motifs is 1. The molecule has 0 aliphatic carbocycles. The molecule has 0 atom stereocenters. The third kappa shape index (κ3) is 4.07. The molecule has 1 aliphatic heterocycles. The molecular formula is C21H26N2O. The molecule has 0 amide bonds. The van der Waals surface area contributed by atoms with Crippen molar-refractivity contribution in [1.82, 2.24) is 9.88 Å². The first-order chi connectivity index (χ1) is 11.8. The van der Waals surface area contributed by atoms with E-state index in [1.165, 1.54) is 36.6 Å². The maximum Gasteiger partial charge on any atom is 0.119 e. The fraction of sp³-hybridized carbons (Fsp3) is 0.476. The van der Waals surface area contributed by atoms with E-state index in [4.69, 9.17) is 11.2 Å². The van der Waals surface area contributed by atoms with E-state index in [-0.39, 0.29) is 0 Å². The van der Waals surface area contributed by atoms with E-state index < -0.39 is 0 Å². The van der Waals surface area contributed by atoms with E-state index in [0.717, 1.165) is 43.2 Å². The number of terminal acetylenes is 1. The summed E-state index contributed by atoms with van der Waals surface area (Å²) in [4.78, 5) is 6.85. The molecule has 0 N–H and O–H groups in total. The lowest BCUT2D eigenvalue weighted by Crippen LogP contribution is -2.33. The number of nitrogens with zero attached hydrogens (tertiary/aromatic N) is 2. The van der Waals surface area contributed by atoms with Gasteiger partial charge in [0.1, 0.15) is 5.75 Å². The van der Waals surface area contributed by atoms with Crippen LogP contribution >= 0.6 is 0 Å². The number of hydrogen-bond donors (Lipinski definition) is 0. The molecule has 3 heteroatoms. The van der Waals surface area contributed by atoms with Gasteiger partial charge in [-0.2, -0.15) is 0 Å². The van der Waals surface area contributed by atoms with Crippen molar-refractivity contribution in [3.63, 3.8) is 0 Å². The van der Waals surface area contributed by atoms with Gasteiger partial charge in [0.25, 0.3) is 0 Å². The molecule has 3 nitrogen and oxygen atoms in total. The molecule has 0 spiro atoms. The van der Waals surface area contributed by atoms with Gasteiger partial charge >= 0.3 is 0 Å². The molecule has 2 aromatic rings. The fourth-order valence-corrected chi connectivity index (χ4v) is 3.67. The molecule has 1 saturated heterocycles. The number of methoxy groups -OCH3 is 1. The Morgan fingerprint density at radius 3 is 2.88 bits per heavy atom. The van der Waals surface area contributed by atoms with Crippen LogP contribution in [0.2, 0.25) is 0 Å². The molecule has 0 radical (unpaired) electrons. The quantitative estimate of drug-likeness (QED) is 0.754. The van der Waals surface area contributed by atoms with Gasteiger partial charge < -0.3 is 4.74 Å². The van der Waals surface area contributed by atoms with Gasteiger partial charge in [0.2, 0.25) is 0 Å². The van der Waals surface area contributed by atoms with Crippen molar-refractivity contribution in [2.24, 2.45) is 5.92 Å². The van der Waals surface area contributed by atoms with Crippen LogP contribution in [-0.2, 0) is 6.42 Å². The summed E-state index contributed by atoms with van der Waals surface area (Å²) in [6, 6.07) is 8.27. The second kappa shape index (κ2) is 8.17. The minimum atomic E-state index is 0.803. The Balaban J connectivity index is 1.56. The summed E-state index contributed by atoms with van der Waals surface area (Å²) in [7, 11) is 1.71. The van der Waals surface area contributed by atoms with Crippen LogP contribution in [0.4, 0.5) is 0 Å². The zero-order chi connectivity index (χ0) is 16.8. The maximum absolute atomic E-state index is 5.40. The molecule has 24 heavy (non-hydrogen) atoms. The number of ether oxygens (including phenoxy) is 1. The summed E-state index contributed by atoms with van der Waals surface area (Å²) in [5, 5.41) is 1.22. The van der Waals surface area contributed by atoms with Gasteiger partial charge in [0.05, 0.1) is 19.2 Å². The summed E-state index contributed by atoms with van der Waals surface area (Å²) in [5.74, 6) is 4.50. The zero-order valence-corrected chi connectivity index (χ0v) is 14.5. The molecule has 0 bridgehead atoms. The third-order valence-corrected chi connectivity index (χ3v) is 5.12. The highest BCUT2D eigenvalue weighted by molar-refractivity contribution is 5.83. The first kappa shape index (κ1) is 16.8. The smallest absolute Gasteiger partial charge is 0.119 e. The normalized spacial score (nSPS) is 16.2. The fourth-order valence-electron chi connectivity index (χ4n) is 3.67. The van der Waals surface area contributed by atoms with E-state index >= 15 is 0 Å². The summed E-state index contributed by atoms with van der Waals surface area (Å²) < 4.78 is 5.36. The van der Waals surface area contributed by atoms with Crippen LogP contribution in [0, 0.1) is 18.3 Å². The minimum Gasteiger partial charge on any atom is -0.497 e. The number of hydrogen-bond acceptors (Lipinski definition) is 3. The zero-order valence-electron chi connectivity index (χ0n) is 14.5. The van der Waals surface area contributed by atoms with Crippen molar-refractivity contribution in [1.29, 1.82) is 0 Å². The van der Waals surface area contributed by atoms with E-state index in [2.05, 4.69) is 27.9 Å². The van der Waals surface area contributed by atoms with Crippen molar-refractivity contribution < 1.29 is 4.74 Å². The second-order valence-electron chi connectivity index (χ2n) is 6.67. The molecule has 1 fully saturated rings. The van der Waals surface area contributed by atoms with Crippen LogP contribution in [-0.4, -0.2) is 36.6 Å². The number of aryl methyl sites for hydroxylation is 1. The first-order valence-electron chi connectivity index (χ1n) is 8.87. The van der Waals surface area contributed by atoms with Crippen LogP contribution in [0.5, 0.6) is 5.75 Å². The van der Waals surface area contributed by atoms with Crippen LogP contribution < -0.4 is 4.74 Å². The van der Waals surface area contributed by atoms with Gasteiger partial charge in [0.15, 0.2) is 0 Å². The summed E-state index contributed by atoms with van der Waals surface area (Å²) in [6.07, 6.45) is 13.5. The number of piperidine rings is 1. The number of likely N-dealkylation sites (tertiary alicyclic amines) is 1. The van der Waals surface area contributed by atoms with Crippen LogP contribution in [0.25, 0.3) is 10.9 Å². The molecule has 0 unspecified atom stereocenters. The summed E-state index contributed by atoms with van der Waals surface area (Å²) in [5.41, 5.74) is 2.43. The second-order valence-corrected chi connectivity index (χ2v) is 6.67. The molecule has 1 aromatic heterocycles. The summed E-state index contributed by atoms with van der Waals surface area (Å²) >= 11 is 0. The lowest BCUT2D eigenvalue weighted by molar-refractivity contribution is 0.195. The van der Waals surface area contributed by atoms with Gasteiger partial charge in [0, 0.05) is 11.6 Å². The van der Waals surface area contributed by atoms with E-state index in [1.54, 1.807) is 7.11 Å². The molecule has 3 rings (SSSR count). The summed E-state index contributed by atoms with van der Waals surface area (Å²) in [6.45, 7) is 3.12. The van der Waals surface area contributed by atoms with Crippen molar-refractivity contribution in [3.05, 3.63) is 36.0 Å². The number of aromatic nitrogens is 1. The highest BCUT2D eigenvalue weighted by Gasteiger charge is 2.18. The van der Waals surface area contributed by atoms with Crippen molar-refractivity contribution >= 4 is 10.9 Å². The lowest BCUT2D eigenvalue weighted by atomic mass is 9.90. The molecule has 1 aromatic carbocycles. The molecular weight excluding hydrogens is 296 g/mol. The Hall–Kier alpha value is -2.05. The van der Waals surface area contributed by atoms with Gasteiger partial charge in [-0.25, -0.2) is 0 Å². The number of benzene rings is 1. The highest BCUT2D eigenvalue weighted by atomic mass is 16.5. The van der Waals surface area contributed by atoms with E-state index in [1.807, 2.05) is 18.3 Å². The van der Waals surface area contributed by atoms with E-state index in [9.17, 15) is 0 Å². The predicted molar refractivity (Wildman–Crippen MR) is 99.2 cm³/mol. The molecule has 126 valence electrons. The van der Waals surface area contributed by atoms with Crippen molar-refractivity contribution in [2.75, 3.05) is 26.7 Å². The molecule has 1 aliphatic rings.